The SMILES string of the molecule is C/C=C\c1c(C)ncnc1C.C=Cc1ccc(C(O)C2OC(C)C(O)C2O)cc1N(C)C. The molecule has 1 aliphatic heterocycles. The maximum absolute atomic E-state index is 10.5. The van der Waals surface area contributed by atoms with E-state index in [1.165, 1.54) is 0 Å². The molecule has 0 amide bonds. The third-order valence-corrected chi connectivity index (χ3v) is 5.56. The number of anilines is 1. The van der Waals surface area contributed by atoms with E-state index in [2.05, 4.69) is 16.5 Å². The van der Waals surface area contributed by atoms with Crippen molar-refractivity contribution in [2.24, 2.45) is 0 Å². The molecule has 5 unspecified atom stereocenters. The number of benzene rings is 1. The molecule has 1 fully saturated rings. The molecule has 3 N–H and O–H groups in total. The molecule has 1 aromatic heterocycles. The Morgan fingerprint density at radius 3 is 2.22 bits per heavy atom. The van der Waals surface area contributed by atoms with Gasteiger partial charge in [-0.3, -0.25) is 0 Å². The largest absolute Gasteiger partial charge is 0.388 e. The molecule has 1 saturated heterocycles. The molecule has 174 valence electrons. The monoisotopic (exact) mass is 441 g/mol. The van der Waals surface area contributed by atoms with Crippen molar-refractivity contribution in [2.75, 3.05) is 19.0 Å². The highest BCUT2D eigenvalue weighted by molar-refractivity contribution is 5.67. The molecular formula is C25H35N3O4. The summed E-state index contributed by atoms with van der Waals surface area (Å²) in [6, 6.07) is 5.48. The Hall–Kier alpha value is -2.58. The highest BCUT2D eigenvalue weighted by Gasteiger charge is 2.44. The van der Waals surface area contributed by atoms with Crippen LogP contribution in [-0.2, 0) is 4.74 Å². The van der Waals surface area contributed by atoms with Crippen molar-refractivity contribution in [3.8, 4) is 0 Å². The van der Waals surface area contributed by atoms with E-state index < -0.39 is 30.5 Å². The first-order valence-electron chi connectivity index (χ1n) is 10.7. The Morgan fingerprint density at radius 1 is 1.12 bits per heavy atom. The summed E-state index contributed by atoms with van der Waals surface area (Å²) in [6.07, 6.45) is 2.96. The van der Waals surface area contributed by atoms with Gasteiger partial charge in [0, 0.05) is 36.7 Å². The zero-order valence-corrected chi connectivity index (χ0v) is 19.7. The first-order valence-corrected chi connectivity index (χ1v) is 10.7. The Kier molecular flexibility index (Phi) is 9.09. The average molecular weight is 442 g/mol. The number of aromatic nitrogens is 2. The summed E-state index contributed by atoms with van der Waals surface area (Å²) >= 11 is 0. The molecule has 0 saturated carbocycles. The van der Waals surface area contributed by atoms with Crippen molar-refractivity contribution in [3.05, 3.63) is 65.3 Å². The van der Waals surface area contributed by atoms with Crippen LogP contribution in [0.4, 0.5) is 5.69 Å². The van der Waals surface area contributed by atoms with Gasteiger partial charge in [0.25, 0.3) is 0 Å². The third kappa shape index (κ3) is 5.81. The zero-order chi connectivity index (χ0) is 24.0. The fourth-order valence-electron chi connectivity index (χ4n) is 3.65. The van der Waals surface area contributed by atoms with Crippen molar-refractivity contribution < 1.29 is 20.1 Å². The number of allylic oxidation sites excluding steroid dienone is 1. The molecule has 7 heteroatoms. The van der Waals surface area contributed by atoms with Crippen LogP contribution >= 0.6 is 0 Å². The summed E-state index contributed by atoms with van der Waals surface area (Å²) in [6.45, 7) is 11.4. The molecule has 3 rings (SSSR count). The summed E-state index contributed by atoms with van der Waals surface area (Å²) in [5.41, 5.74) is 5.72. The summed E-state index contributed by atoms with van der Waals surface area (Å²) in [7, 11) is 3.82. The number of nitrogens with zero attached hydrogens (tertiary/aromatic N) is 3. The maximum Gasteiger partial charge on any atom is 0.116 e. The lowest BCUT2D eigenvalue weighted by Gasteiger charge is -2.24. The van der Waals surface area contributed by atoms with Gasteiger partial charge in [-0.25, -0.2) is 9.97 Å². The second-order valence-electron chi connectivity index (χ2n) is 8.11. The van der Waals surface area contributed by atoms with Crippen LogP contribution < -0.4 is 4.90 Å². The Bertz CT molecular complexity index is 925. The number of aliphatic hydroxyl groups is 3. The van der Waals surface area contributed by atoms with Gasteiger partial charge in [-0.15, -0.1) is 0 Å². The van der Waals surface area contributed by atoms with Crippen molar-refractivity contribution >= 4 is 17.8 Å². The van der Waals surface area contributed by atoms with Gasteiger partial charge in [0.15, 0.2) is 0 Å². The lowest BCUT2D eigenvalue weighted by Crippen LogP contribution is -2.35. The zero-order valence-electron chi connectivity index (χ0n) is 19.7. The van der Waals surface area contributed by atoms with Gasteiger partial charge in [-0.1, -0.05) is 36.9 Å². The number of ether oxygens (including phenoxy) is 1. The highest BCUT2D eigenvalue weighted by Crippen LogP contribution is 2.33. The quantitative estimate of drug-likeness (QED) is 0.656. The van der Waals surface area contributed by atoms with Gasteiger partial charge < -0.3 is 25.0 Å². The topological polar surface area (TPSA) is 98.9 Å². The molecule has 0 bridgehead atoms. The molecule has 0 radical (unpaired) electrons. The van der Waals surface area contributed by atoms with Gasteiger partial charge in [0.2, 0.25) is 0 Å². The fraction of sp³-hybridized carbons (Fsp3) is 0.440. The lowest BCUT2D eigenvalue weighted by atomic mass is 9.97. The molecule has 2 heterocycles. The molecule has 32 heavy (non-hydrogen) atoms. The standard InChI is InChI=1S/C16H23NO4.C9H12N2/c1-5-10-6-7-11(8-12(10)17(3)4)14(19)16-15(20)13(18)9(2)21-16;1-4-5-9-7(2)10-6-11-8(9)3/h5-9,13-16,18-20H,1H2,2-4H3;4-6H,1-3H3/b;5-4-. The second kappa shape index (κ2) is 11.3. The summed E-state index contributed by atoms with van der Waals surface area (Å²) in [4.78, 5) is 10.1. The maximum atomic E-state index is 10.5. The molecule has 1 aliphatic rings. The van der Waals surface area contributed by atoms with E-state index in [0.717, 1.165) is 28.2 Å². The second-order valence-corrected chi connectivity index (χ2v) is 8.11. The number of aliphatic hydroxyl groups excluding tert-OH is 3. The van der Waals surface area contributed by atoms with Crippen LogP contribution in [0.5, 0.6) is 0 Å². The minimum Gasteiger partial charge on any atom is -0.388 e. The normalized spacial score (nSPS) is 23.5. The first kappa shape index (κ1) is 25.7. The van der Waals surface area contributed by atoms with E-state index >= 15 is 0 Å². The van der Waals surface area contributed by atoms with E-state index in [0.29, 0.717) is 5.56 Å². The Labute approximate surface area is 190 Å². The van der Waals surface area contributed by atoms with E-state index in [4.69, 9.17) is 4.74 Å². The minimum atomic E-state index is -1.10. The number of aryl methyl sites for hydroxylation is 2. The summed E-state index contributed by atoms with van der Waals surface area (Å²) in [5, 5.41) is 30.2. The predicted octanol–water partition coefficient (Wildman–Crippen LogP) is 3.06. The van der Waals surface area contributed by atoms with Gasteiger partial charge in [0.1, 0.15) is 30.7 Å². The van der Waals surface area contributed by atoms with Crippen molar-refractivity contribution in [3.63, 3.8) is 0 Å². The predicted molar refractivity (Wildman–Crippen MR) is 128 cm³/mol. The van der Waals surface area contributed by atoms with Crippen molar-refractivity contribution in [1.29, 1.82) is 0 Å². The number of rotatable bonds is 5. The summed E-state index contributed by atoms with van der Waals surface area (Å²) < 4.78 is 5.48. The van der Waals surface area contributed by atoms with E-state index in [9.17, 15) is 15.3 Å². The first-order chi connectivity index (χ1) is 15.1. The molecule has 1 aromatic carbocycles. The van der Waals surface area contributed by atoms with Gasteiger partial charge in [0.05, 0.1) is 6.10 Å². The number of hydrogen-bond acceptors (Lipinski definition) is 7. The Balaban J connectivity index is 0.000000278. The smallest absolute Gasteiger partial charge is 0.116 e. The molecule has 5 atom stereocenters. The average Bonchev–Trinajstić information content (AvgIpc) is 3.03. The van der Waals surface area contributed by atoms with E-state index in [-0.39, 0.29) is 0 Å². The lowest BCUT2D eigenvalue weighted by molar-refractivity contribution is -0.0635. The van der Waals surface area contributed by atoms with Crippen LogP contribution in [-0.4, -0.2) is 63.8 Å². The molecule has 0 aliphatic carbocycles. The third-order valence-electron chi connectivity index (χ3n) is 5.56. The fourth-order valence-corrected chi connectivity index (χ4v) is 3.65. The molecule has 0 spiro atoms. The van der Waals surface area contributed by atoms with Crippen LogP contribution in [0.25, 0.3) is 12.2 Å². The van der Waals surface area contributed by atoms with Gasteiger partial charge in [-0.05, 0) is 44.9 Å². The van der Waals surface area contributed by atoms with Crippen LogP contribution in [0, 0.1) is 13.8 Å². The van der Waals surface area contributed by atoms with Crippen LogP contribution in [0.3, 0.4) is 0 Å². The van der Waals surface area contributed by atoms with Crippen LogP contribution in [0.2, 0.25) is 0 Å². The van der Waals surface area contributed by atoms with Gasteiger partial charge in [-0.2, -0.15) is 0 Å². The van der Waals surface area contributed by atoms with E-state index in [1.807, 2.05) is 64.1 Å². The highest BCUT2D eigenvalue weighted by atomic mass is 16.6. The summed E-state index contributed by atoms with van der Waals surface area (Å²) in [5.74, 6) is 0. The van der Waals surface area contributed by atoms with Gasteiger partial charge >= 0.3 is 0 Å². The molecular weight excluding hydrogens is 406 g/mol. The Morgan fingerprint density at radius 2 is 1.75 bits per heavy atom. The van der Waals surface area contributed by atoms with E-state index in [1.54, 1.807) is 25.4 Å². The molecule has 2 aromatic rings. The van der Waals surface area contributed by atoms with Crippen LogP contribution in [0.15, 0.2) is 37.2 Å². The minimum absolute atomic E-state index is 0.500. The van der Waals surface area contributed by atoms with Crippen molar-refractivity contribution in [1.82, 2.24) is 9.97 Å². The van der Waals surface area contributed by atoms with Crippen molar-refractivity contribution in [2.45, 2.75) is 58.2 Å². The number of hydrogen-bond donors (Lipinski definition) is 3. The molecule has 7 nitrogen and oxygen atoms in total. The van der Waals surface area contributed by atoms with Crippen LogP contribution in [0.1, 0.15) is 48.0 Å².